The van der Waals surface area contributed by atoms with Crippen LogP contribution in [0.1, 0.15) is 20.3 Å². The highest BCUT2D eigenvalue weighted by Gasteiger charge is 2.40. The Morgan fingerprint density at radius 1 is 1.24 bits per heavy atom. The Balaban J connectivity index is 2.25. The van der Waals surface area contributed by atoms with Crippen LogP contribution in [0.15, 0.2) is 29.2 Å². The van der Waals surface area contributed by atoms with Crippen LogP contribution in [0.2, 0.25) is 0 Å². The molecule has 1 aromatic rings. The summed E-state index contributed by atoms with van der Waals surface area (Å²) in [7, 11) is -3.98. The van der Waals surface area contributed by atoms with Crippen molar-refractivity contribution in [2.45, 2.75) is 31.2 Å². The molecule has 1 saturated heterocycles. The van der Waals surface area contributed by atoms with Crippen LogP contribution in [0, 0.1) is 0 Å². The normalized spacial score (nSPS) is 18.8. The van der Waals surface area contributed by atoms with Crippen LogP contribution in [-0.2, 0) is 19.6 Å². The number of carbonyl (C=O) groups is 2. The van der Waals surface area contributed by atoms with E-state index in [2.05, 4.69) is 0 Å². The molecule has 2 rings (SSSR count). The number of aliphatic carboxylic acids is 1. The van der Waals surface area contributed by atoms with Crippen LogP contribution in [0.4, 0.5) is 0 Å². The lowest BCUT2D eigenvalue weighted by Crippen LogP contribution is -2.58. The number of hydrogen-bond acceptors (Lipinski definition) is 5. The van der Waals surface area contributed by atoms with Gasteiger partial charge < -0.3 is 14.7 Å². The minimum absolute atomic E-state index is 0.00104. The van der Waals surface area contributed by atoms with Gasteiger partial charge in [0.05, 0.1) is 11.5 Å². The summed E-state index contributed by atoms with van der Waals surface area (Å²) < 4.78 is 32.0. The number of nitrogens with zero attached hydrogens (tertiary/aromatic N) is 2. The summed E-state index contributed by atoms with van der Waals surface area (Å²) in [5.74, 6) is -1.00. The van der Waals surface area contributed by atoms with E-state index in [9.17, 15) is 23.1 Å². The number of ether oxygens (including phenoxy) is 1. The molecule has 1 aliphatic rings. The van der Waals surface area contributed by atoms with Gasteiger partial charge >= 0.3 is 5.97 Å². The second-order valence-corrected chi connectivity index (χ2v) is 7.65. The van der Waals surface area contributed by atoms with Crippen molar-refractivity contribution >= 4 is 21.9 Å². The van der Waals surface area contributed by atoms with Crippen molar-refractivity contribution in [3.05, 3.63) is 24.3 Å². The van der Waals surface area contributed by atoms with Crippen molar-refractivity contribution < 1.29 is 27.9 Å². The molecule has 1 heterocycles. The topological polar surface area (TPSA) is 104 Å². The average molecular weight is 370 g/mol. The molecule has 1 atom stereocenters. The maximum atomic E-state index is 12.8. The number of sulfonamides is 1. The number of carbonyl (C=O) groups excluding carboxylic acids is 1. The van der Waals surface area contributed by atoms with Crippen molar-refractivity contribution in [2.24, 2.45) is 0 Å². The quantitative estimate of drug-likeness (QED) is 0.794. The first-order valence-corrected chi connectivity index (χ1v) is 9.44. The van der Waals surface area contributed by atoms with Gasteiger partial charge in [-0.2, -0.15) is 4.31 Å². The number of benzene rings is 1. The summed E-state index contributed by atoms with van der Waals surface area (Å²) in [6, 6.07) is 4.58. The SMILES string of the molecule is CCCOc1ccc(S(=O)(=O)N2CCN(C(C)=O)C[C@@H]2C(=O)O)cc1. The van der Waals surface area contributed by atoms with Crippen LogP contribution in [0.3, 0.4) is 0 Å². The lowest BCUT2D eigenvalue weighted by Gasteiger charge is -2.37. The van der Waals surface area contributed by atoms with Gasteiger partial charge in [0.2, 0.25) is 15.9 Å². The molecule has 0 aliphatic carbocycles. The summed E-state index contributed by atoms with van der Waals surface area (Å²) in [6.07, 6.45) is 0.834. The fourth-order valence-corrected chi connectivity index (χ4v) is 4.17. The van der Waals surface area contributed by atoms with Crippen LogP contribution >= 0.6 is 0 Å². The monoisotopic (exact) mass is 370 g/mol. The number of carboxylic acids is 1. The maximum absolute atomic E-state index is 12.8. The third-order valence-corrected chi connectivity index (χ3v) is 5.89. The Morgan fingerprint density at radius 3 is 2.40 bits per heavy atom. The Bertz CT molecular complexity index is 731. The number of hydrogen-bond donors (Lipinski definition) is 1. The predicted molar refractivity (Wildman–Crippen MR) is 89.8 cm³/mol. The average Bonchev–Trinajstić information content (AvgIpc) is 2.59. The zero-order valence-corrected chi connectivity index (χ0v) is 15.0. The Kier molecular flexibility index (Phi) is 6.02. The van der Waals surface area contributed by atoms with Gasteiger partial charge in [0, 0.05) is 26.6 Å². The Hall–Kier alpha value is -2.13. The maximum Gasteiger partial charge on any atom is 0.323 e. The van der Waals surface area contributed by atoms with Crippen LogP contribution in [0.25, 0.3) is 0 Å². The van der Waals surface area contributed by atoms with Crippen LogP contribution in [0.5, 0.6) is 5.75 Å². The summed E-state index contributed by atoms with van der Waals surface area (Å²) in [5.41, 5.74) is 0. The van der Waals surface area contributed by atoms with Gasteiger partial charge in [0.15, 0.2) is 0 Å². The lowest BCUT2D eigenvalue weighted by molar-refractivity contribution is -0.145. The van der Waals surface area contributed by atoms with E-state index in [1.54, 1.807) is 12.1 Å². The highest BCUT2D eigenvalue weighted by atomic mass is 32.2. The van der Waals surface area contributed by atoms with Crippen LogP contribution in [-0.4, -0.2) is 66.9 Å². The summed E-state index contributed by atoms with van der Waals surface area (Å²) in [4.78, 5) is 24.3. The van der Waals surface area contributed by atoms with E-state index < -0.39 is 22.0 Å². The number of carboxylic acid groups (broad SMARTS) is 1. The zero-order valence-electron chi connectivity index (χ0n) is 14.2. The first kappa shape index (κ1) is 19.2. The molecular formula is C16H22N2O6S. The number of rotatable bonds is 6. The minimum Gasteiger partial charge on any atom is -0.494 e. The Labute approximate surface area is 147 Å². The minimum atomic E-state index is -3.98. The van der Waals surface area contributed by atoms with E-state index in [1.165, 1.54) is 24.0 Å². The van der Waals surface area contributed by atoms with E-state index in [0.29, 0.717) is 12.4 Å². The number of amides is 1. The van der Waals surface area contributed by atoms with E-state index in [1.807, 2.05) is 6.92 Å². The number of piperazine rings is 1. The smallest absolute Gasteiger partial charge is 0.323 e. The van der Waals surface area contributed by atoms with Gasteiger partial charge in [-0.1, -0.05) is 6.92 Å². The summed E-state index contributed by atoms with van der Waals surface area (Å²) >= 11 is 0. The van der Waals surface area contributed by atoms with Gasteiger partial charge in [-0.3, -0.25) is 9.59 Å². The van der Waals surface area contributed by atoms with Crippen molar-refractivity contribution in [1.29, 1.82) is 0 Å². The first-order chi connectivity index (χ1) is 11.8. The third kappa shape index (κ3) is 4.29. The molecule has 0 spiro atoms. The molecule has 0 aromatic heterocycles. The standard InChI is InChI=1S/C16H22N2O6S/c1-3-10-24-13-4-6-14(7-5-13)25(22,23)18-9-8-17(12(2)19)11-15(18)16(20)21/h4-7,15H,3,8-11H2,1-2H3,(H,20,21)/t15-/m1/s1. The van der Waals surface area contributed by atoms with E-state index in [4.69, 9.17) is 4.74 Å². The predicted octanol–water partition coefficient (Wildman–Crippen LogP) is 0.781. The molecule has 1 amide bonds. The summed E-state index contributed by atoms with van der Waals surface area (Å²) in [6.45, 7) is 3.76. The first-order valence-electron chi connectivity index (χ1n) is 8.00. The summed E-state index contributed by atoms with van der Waals surface area (Å²) in [5, 5.41) is 9.40. The molecule has 1 aliphatic heterocycles. The zero-order chi connectivity index (χ0) is 18.6. The van der Waals surface area contributed by atoms with Gasteiger partial charge in [-0.25, -0.2) is 8.42 Å². The van der Waals surface area contributed by atoms with E-state index in [0.717, 1.165) is 10.7 Å². The molecule has 1 N–H and O–H groups in total. The highest BCUT2D eigenvalue weighted by molar-refractivity contribution is 7.89. The van der Waals surface area contributed by atoms with Crippen LogP contribution < -0.4 is 4.74 Å². The molecule has 8 nitrogen and oxygen atoms in total. The van der Waals surface area contributed by atoms with Gasteiger partial charge in [0.25, 0.3) is 0 Å². The van der Waals surface area contributed by atoms with E-state index in [-0.39, 0.29) is 30.4 Å². The van der Waals surface area contributed by atoms with Gasteiger partial charge in [-0.05, 0) is 30.7 Å². The largest absolute Gasteiger partial charge is 0.494 e. The molecular weight excluding hydrogens is 348 g/mol. The molecule has 0 saturated carbocycles. The fraction of sp³-hybridized carbons (Fsp3) is 0.500. The lowest BCUT2D eigenvalue weighted by atomic mass is 10.2. The second-order valence-electron chi connectivity index (χ2n) is 5.75. The van der Waals surface area contributed by atoms with E-state index >= 15 is 0 Å². The molecule has 1 aromatic carbocycles. The molecule has 138 valence electrons. The molecule has 0 bridgehead atoms. The molecule has 9 heteroatoms. The Morgan fingerprint density at radius 2 is 1.88 bits per heavy atom. The van der Waals surface area contributed by atoms with Crippen molar-refractivity contribution in [3.63, 3.8) is 0 Å². The third-order valence-electron chi connectivity index (χ3n) is 3.96. The molecule has 25 heavy (non-hydrogen) atoms. The van der Waals surface area contributed by atoms with Gasteiger partial charge in [-0.15, -0.1) is 0 Å². The van der Waals surface area contributed by atoms with Crippen molar-refractivity contribution in [3.8, 4) is 5.75 Å². The fourth-order valence-electron chi connectivity index (χ4n) is 2.60. The van der Waals surface area contributed by atoms with Crippen molar-refractivity contribution in [2.75, 3.05) is 26.2 Å². The highest BCUT2D eigenvalue weighted by Crippen LogP contribution is 2.24. The van der Waals surface area contributed by atoms with Gasteiger partial charge in [0.1, 0.15) is 11.8 Å². The molecule has 0 radical (unpaired) electrons. The second kappa shape index (κ2) is 7.83. The van der Waals surface area contributed by atoms with Crippen molar-refractivity contribution in [1.82, 2.24) is 9.21 Å². The molecule has 0 unspecified atom stereocenters. The molecule has 1 fully saturated rings.